The minimum atomic E-state index is -2.03. The molecule has 1 aliphatic heterocycles. The monoisotopic (exact) mass is 481 g/mol. The van der Waals surface area contributed by atoms with E-state index in [4.69, 9.17) is 14.0 Å². The Bertz CT molecular complexity index is 900. The molecule has 3 atom stereocenters. The predicted octanol–water partition coefficient (Wildman–Crippen LogP) is 6.82. The molecule has 0 saturated carbocycles. The van der Waals surface area contributed by atoms with Crippen LogP contribution in [0.3, 0.4) is 0 Å². The molecule has 0 bridgehead atoms. The van der Waals surface area contributed by atoms with Gasteiger partial charge in [-0.05, 0) is 52.7 Å². The molecule has 0 aromatic heterocycles. The highest BCUT2D eigenvalue weighted by Crippen LogP contribution is 2.40. The average molecular weight is 482 g/mol. The zero-order valence-corrected chi connectivity index (χ0v) is 23.2. The molecule has 34 heavy (non-hydrogen) atoms. The van der Waals surface area contributed by atoms with Gasteiger partial charge in [0.1, 0.15) is 5.63 Å². The van der Waals surface area contributed by atoms with E-state index >= 15 is 0 Å². The molecule has 0 radical (unpaired) electrons. The Balaban J connectivity index is 1.94. The maximum absolute atomic E-state index is 13.9. The van der Waals surface area contributed by atoms with Crippen molar-refractivity contribution in [2.45, 2.75) is 90.1 Å². The van der Waals surface area contributed by atoms with Gasteiger partial charge in [0.15, 0.2) is 0 Å². The van der Waals surface area contributed by atoms with Crippen LogP contribution in [0.5, 0.6) is 0 Å². The number of carbonyl (C=O) groups excluding carboxylic acids is 1. The standard InChI is InChI=1S/C27H40BNO4Si/c1-20(22-16-12-10-13-17-22)29(21(2)23-18-14-11-15-19-23)25(30)31-24(34(7,8)9)28-32-26(3,4)27(5,6)33-28/h10-21,24H,1-9H3/t20-,21-,24-/m1/s1. The molecule has 184 valence electrons. The van der Waals surface area contributed by atoms with Crippen molar-refractivity contribution in [3.05, 3.63) is 71.8 Å². The third kappa shape index (κ3) is 5.58. The SMILES string of the molecule is C[C@H](c1ccccc1)N(C(=O)O[C@@H](B1OC(C)(C)C(C)(C)O1)[Si](C)(C)C)[C@H](C)c1ccccc1. The van der Waals surface area contributed by atoms with Gasteiger partial charge in [0.05, 0.1) is 31.4 Å². The summed E-state index contributed by atoms with van der Waals surface area (Å²) in [5, 5.41) is 0. The van der Waals surface area contributed by atoms with E-state index in [2.05, 4.69) is 19.6 Å². The quantitative estimate of drug-likeness (QED) is 0.407. The number of nitrogens with zero attached hydrogens (tertiary/aromatic N) is 1. The maximum atomic E-state index is 13.9. The van der Waals surface area contributed by atoms with Gasteiger partial charge in [-0.3, -0.25) is 4.90 Å². The van der Waals surface area contributed by atoms with E-state index < -0.39 is 32.0 Å². The lowest BCUT2D eigenvalue weighted by molar-refractivity contribution is 0.00578. The first kappa shape index (κ1) is 26.5. The van der Waals surface area contributed by atoms with Crippen molar-refractivity contribution in [1.82, 2.24) is 4.90 Å². The summed E-state index contributed by atoms with van der Waals surface area (Å²) < 4.78 is 19.0. The van der Waals surface area contributed by atoms with Crippen molar-refractivity contribution in [1.29, 1.82) is 0 Å². The van der Waals surface area contributed by atoms with Gasteiger partial charge >= 0.3 is 13.2 Å². The maximum Gasteiger partial charge on any atom is 0.498 e. The fourth-order valence-electron chi connectivity index (χ4n) is 4.26. The minimum Gasteiger partial charge on any atom is -0.452 e. The molecule has 2 aromatic carbocycles. The molecule has 1 saturated heterocycles. The molecule has 0 N–H and O–H groups in total. The van der Waals surface area contributed by atoms with Gasteiger partial charge in [0, 0.05) is 0 Å². The van der Waals surface area contributed by atoms with Crippen LogP contribution in [0, 0.1) is 0 Å². The van der Waals surface area contributed by atoms with E-state index in [1.807, 2.05) is 107 Å². The predicted molar refractivity (Wildman–Crippen MR) is 141 cm³/mol. The van der Waals surface area contributed by atoms with Crippen LogP contribution in [-0.4, -0.2) is 43.0 Å². The van der Waals surface area contributed by atoms with Crippen LogP contribution >= 0.6 is 0 Å². The number of rotatable bonds is 7. The minimum absolute atomic E-state index is 0.176. The van der Waals surface area contributed by atoms with Crippen molar-refractivity contribution >= 4 is 21.3 Å². The third-order valence-corrected chi connectivity index (χ3v) is 9.31. The van der Waals surface area contributed by atoms with E-state index in [1.54, 1.807) is 0 Å². The molecule has 1 fully saturated rings. The lowest BCUT2D eigenvalue weighted by atomic mass is 9.90. The highest BCUT2D eigenvalue weighted by molar-refractivity contribution is 6.86. The summed E-state index contributed by atoms with van der Waals surface area (Å²) in [6.07, 6.45) is -0.352. The van der Waals surface area contributed by atoms with Gasteiger partial charge in [0.2, 0.25) is 0 Å². The fraction of sp³-hybridized carbons (Fsp3) is 0.519. The van der Waals surface area contributed by atoms with Crippen LogP contribution < -0.4 is 0 Å². The van der Waals surface area contributed by atoms with Crippen molar-refractivity contribution < 1.29 is 18.8 Å². The third-order valence-electron chi connectivity index (χ3n) is 7.21. The van der Waals surface area contributed by atoms with Gasteiger partial charge in [-0.1, -0.05) is 80.3 Å². The summed E-state index contributed by atoms with van der Waals surface area (Å²) in [5.74, 6) is 0. The number of amides is 1. The zero-order valence-electron chi connectivity index (χ0n) is 22.2. The number of hydrogen-bond acceptors (Lipinski definition) is 4. The highest BCUT2D eigenvalue weighted by Gasteiger charge is 2.58. The van der Waals surface area contributed by atoms with Crippen LogP contribution in [0.25, 0.3) is 0 Å². The van der Waals surface area contributed by atoms with Crippen molar-refractivity contribution in [3.63, 3.8) is 0 Å². The summed E-state index contributed by atoms with van der Waals surface area (Å²) in [6, 6.07) is 19.8. The molecule has 0 aliphatic carbocycles. The smallest absolute Gasteiger partial charge is 0.452 e. The lowest BCUT2D eigenvalue weighted by Gasteiger charge is -2.38. The second-order valence-electron chi connectivity index (χ2n) is 11.4. The molecule has 0 spiro atoms. The molecule has 7 heteroatoms. The molecular weight excluding hydrogens is 441 g/mol. The molecule has 2 aromatic rings. The summed E-state index contributed by atoms with van der Waals surface area (Å²) in [6.45, 7) is 18.7. The molecular formula is C27H40BNO4Si. The number of carbonyl (C=O) groups is 1. The van der Waals surface area contributed by atoms with Gasteiger partial charge in [-0.15, -0.1) is 0 Å². The van der Waals surface area contributed by atoms with Crippen LogP contribution in [0.1, 0.15) is 64.8 Å². The fourth-order valence-corrected chi connectivity index (χ4v) is 5.67. The lowest BCUT2D eigenvalue weighted by Crippen LogP contribution is -2.55. The van der Waals surface area contributed by atoms with Gasteiger partial charge in [-0.25, -0.2) is 4.79 Å². The van der Waals surface area contributed by atoms with E-state index in [1.165, 1.54) is 0 Å². The first-order valence-corrected chi connectivity index (χ1v) is 15.8. The van der Waals surface area contributed by atoms with Crippen molar-refractivity contribution in [2.24, 2.45) is 0 Å². The van der Waals surface area contributed by atoms with Gasteiger partial charge < -0.3 is 14.0 Å². The highest BCUT2D eigenvalue weighted by atomic mass is 28.3. The average Bonchev–Trinajstić information content (AvgIpc) is 2.98. The first-order chi connectivity index (χ1) is 15.7. The Kier molecular flexibility index (Phi) is 7.70. The number of hydrogen-bond donors (Lipinski definition) is 0. The largest absolute Gasteiger partial charge is 0.498 e. The zero-order chi connectivity index (χ0) is 25.3. The van der Waals surface area contributed by atoms with Gasteiger partial charge in [-0.2, -0.15) is 0 Å². The molecule has 1 aliphatic rings. The number of benzene rings is 2. The normalized spacial score (nSPS) is 19.9. The second kappa shape index (κ2) is 9.88. The summed E-state index contributed by atoms with van der Waals surface area (Å²) in [7, 11) is -2.63. The molecule has 0 unspecified atom stereocenters. The van der Waals surface area contributed by atoms with Crippen molar-refractivity contribution in [3.8, 4) is 0 Å². The Labute approximate surface area is 206 Å². The molecule has 1 heterocycles. The van der Waals surface area contributed by atoms with E-state index in [9.17, 15) is 4.79 Å². The van der Waals surface area contributed by atoms with Crippen LogP contribution in [0.4, 0.5) is 4.79 Å². The van der Waals surface area contributed by atoms with Crippen LogP contribution in [0.2, 0.25) is 19.6 Å². The summed E-state index contributed by atoms with van der Waals surface area (Å²) >= 11 is 0. The van der Waals surface area contributed by atoms with Crippen LogP contribution in [0.15, 0.2) is 60.7 Å². The van der Waals surface area contributed by atoms with Crippen LogP contribution in [-0.2, 0) is 14.0 Å². The van der Waals surface area contributed by atoms with E-state index in [0.717, 1.165) is 11.1 Å². The second-order valence-corrected chi connectivity index (χ2v) is 16.7. The van der Waals surface area contributed by atoms with E-state index in [0.29, 0.717) is 0 Å². The first-order valence-electron chi connectivity index (χ1n) is 12.2. The Morgan fingerprint density at radius 3 is 1.56 bits per heavy atom. The van der Waals surface area contributed by atoms with Crippen molar-refractivity contribution in [2.75, 3.05) is 0 Å². The summed E-state index contributed by atoms with van der Waals surface area (Å²) in [5.41, 5.74) is 0.687. The topological polar surface area (TPSA) is 48.0 Å². The number of ether oxygens (including phenoxy) is 1. The Hall–Kier alpha value is -2.09. The summed E-state index contributed by atoms with van der Waals surface area (Å²) in [4.78, 5) is 15.8. The Morgan fingerprint density at radius 2 is 1.21 bits per heavy atom. The molecule has 1 amide bonds. The van der Waals surface area contributed by atoms with E-state index in [-0.39, 0.29) is 18.2 Å². The molecule has 5 nitrogen and oxygen atoms in total. The molecule has 3 rings (SSSR count). The Morgan fingerprint density at radius 1 is 0.824 bits per heavy atom. The van der Waals surface area contributed by atoms with Gasteiger partial charge in [0.25, 0.3) is 0 Å².